The van der Waals surface area contributed by atoms with Crippen molar-refractivity contribution in [2.45, 2.75) is 13.0 Å². The number of anilines is 1. The van der Waals surface area contributed by atoms with Gasteiger partial charge >= 0.3 is 0 Å². The Labute approximate surface area is 92.7 Å². The molecule has 0 saturated heterocycles. The number of halogens is 1. The quantitative estimate of drug-likeness (QED) is 0.314. The fourth-order valence-corrected chi connectivity index (χ4v) is 1.17. The fraction of sp³-hybridized carbons (Fsp3) is 0.300. The van der Waals surface area contributed by atoms with E-state index >= 15 is 0 Å². The van der Waals surface area contributed by atoms with Gasteiger partial charge in [-0.3, -0.25) is 0 Å². The molecule has 88 valence electrons. The van der Waals surface area contributed by atoms with E-state index in [4.69, 9.17) is 15.7 Å². The van der Waals surface area contributed by atoms with Gasteiger partial charge in [0.05, 0.1) is 13.2 Å². The maximum Gasteiger partial charge on any atom is 0.167 e. The van der Waals surface area contributed by atoms with Crippen molar-refractivity contribution < 1.29 is 14.3 Å². The average molecular weight is 227 g/mol. The third kappa shape index (κ3) is 2.75. The van der Waals surface area contributed by atoms with Crippen LogP contribution < -0.4 is 15.8 Å². The first-order valence-corrected chi connectivity index (χ1v) is 4.66. The molecule has 0 spiro atoms. The number of benzene rings is 1. The number of methoxy groups -OCH3 is 1. The molecule has 0 amide bonds. The van der Waals surface area contributed by atoms with Gasteiger partial charge in [0.2, 0.25) is 0 Å². The predicted molar refractivity (Wildman–Crippen MR) is 59.4 cm³/mol. The number of nitrogens with one attached hydrogen (secondary N) is 1. The maximum absolute atomic E-state index is 13.3. The lowest BCUT2D eigenvalue weighted by molar-refractivity contribution is 0.316. The van der Waals surface area contributed by atoms with Crippen LogP contribution in [0.25, 0.3) is 0 Å². The minimum absolute atomic E-state index is 0.0243. The van der Waals surface area contributed by atoms with Gasteiger partial charge in [0.1, 0.15) is 0 Å². The van der Waals surface area contributed by atoms with E-state index in [1.165, 1.54) is 19.2 Å². The lowest BCUT2D eigenvalue weighted by Crippen LogP contribution is -2.32. The summed E-state index contributed by atoms with van der Waals surface area (Å²) in [6, 6.07) is 4.03. The van der Waals surface area contributed by atoms with Crippen LogP contribution in [0.4, 0.5) is 10.1 Å². The Balaban J connectivity index is 2.79. The molecule has 0 bridgehead atoms. The molecule has 0 aromatic heterocycles. The molecule has 1 atom stereocenters. The Hall–Kier alpha value is -1.98. The van der Waals surface area contributed by atoms with Crippen LogP contribution in [0.5, 0.6) is 5.75 Å². The molecule has 0 radical (unpaired) electrons. The van der Waals surface area contributed by atoms with Crippen molar-refractivity contribution in [3.8, 4) is 5.75 Å². The van der Waals surface area contributed by atoms with Crippen LogP contribution >= 0.6 is 0 Å². The molecule has 6 heteroatoms. The van der Waals surface area contributed by atoms with E-state index in [1.807, 2.05) is 0 Å². The molecule has 0 fully saturated rings. The number of hydrogen-bond donors (Lipinski definition) is 3. The zero-order valence-corrected chi connectivity index (χ0v) is 9.07. The molecule has 5 nitrogen and oxygen atoms in total. The van der Waals surface area contributed by atoms with E-state index in [0.717, 1.165) is 0 Å². The zero-order valence-electron chi connectivity index (χ0n) is 9.07. The number of nitrogens with zero attached hydrogens (tertiary/aromatic N) is 1. The van der Waals surface area contributed by atoms with Crippen molar-refractivity contribution in [1.29, 1.82) is 0 Å². The summed E-state index contributed by atoms with van der Waals surface area (Å²) >= 11 is 0. The van der Waals surface area contributed by atoms with Gasteiger partial charge in [0.25, 0.3) is 0 Å². The molecular weight excluding hydrogens is 213 g/mol. The first-order valence-electron chi connectivity index (χ1n) is 4.66. The van der Waals surface area contributed by atoms with Gasteiger partial charge in [-0.2, -0.15) is 0 Å². The van der Waals surface area contributed by atoms with Gasteiger partial charge in [-0.05, 0) is 19.1 Å². The summed E-state index contributed by atoms with van der Waals surface area (Å²) in [5.41, 5.74) is 5.90. The van der Waals surface area contributed by atoms with Crippen molar-refractivity contribution in [2.24, 2.45) is 10.9 Å². The largest absolute Gasteiger partial charge is 0.494 e. The van der Waals surface area contributed by atoms with Crippen LogP contribution in [0, 0.1) is 5.82 Å². The first-order chi connectivity index (χ1) is 7.58. The SMILES string of the molecule is COc1ccc(NC(C)C(N)=NO)cc1F. The number of amidine groups is 1. The number of rotatable bonds is 4. The van der Waals surface area contributed by atoms with Crippen LogP contribution in [0.3, 0.4) is 0 Å². The molecule has 1 aromatic rings. The number of oxime groups is 1. The first kappa shape index (κ1) is 12.1. The van der Waals surface area contributed by atoms with Crippen LogP contribution in [-0.2, 0) is 0 Å². The Bertz CT molecular complexity index is 396. The third-order valence-electron chi connectivity index (χ3n) is 2.09. The lowest BCUT2D eigenvalue weighted by atomic mass is 10.2. The highest BCUT2D eigenvalue weighted by Crippen LogP contribution is 2.20. The summed E-state index contributed by atoms with van der Waals surface area (Å²) in [4.78, 5) is 0. The molecule has 0 saturated carbocycles. The second-order valence-corrected chi connectivity index (χ2v) is 3.24. The summed E-state index contributed by atoms with van der Waals surface area (Å²) in [6.07, 6.45) is 0. The monoisotopic (exact) mass is 227 g/mol. The topological polar surface area (TPSA) is 79.9 Å². The maximum atomic E-state index is 13.3. The van der Waals surface area contributed by atoms with Gasteiger partial charge in [0, 0.05) is 11.8 Å². The summed E-state index contributed by atoms with van der Waals surface area (Å²) in [7, 11) is 1.39. The van der Waals surface area contributed by atoms with E-state index in [9.17, 15) is 4.39 Å². The van der Waals surface area contributed by atoms with Gasteiger partial charge in [-0.15, -0.1) is 0 Å². The number of ether oxygens (including phenoxy) is 1. The Morgan fingerprint density at radius 1 is 1.62 bits per heavy atom. The molecule has 4 N–H and O–H groups in total. The highest BCUT2D eigenvalue weighted by Gasteiger charge is 2.09. The van der Waals surface area contributed by atoms with Crippen molar-refractivity contribution in [1.82, 2.24) is 0 Å². The fourth-order valence-electron chi connectivity index (χ4n) is 1.17. The van der Waals surface area contributed by atoms with Crippen LogP contribution in [0.2, 0.25) is 0 Å². The smallest absolute Gasteiger partial charge is 0.167 e. The van der Waals surface area contributed by atoms with E-state index < -0.39 is 11.9 Å². The van der Waals surface area contributed by atoms with E-state index in [0.29, 0.717) is 5.69 Å². The molecular formula is C10H14FN3O2. The van der Waals surface area contributed by atoms with E-state index in [2.05, 4.69) is 10.5 Å². The van der Waals surface area contributed by atoms with Crippen LogP contribution in [0.1, 0.15) is 6.92 Å². The molecule has 16 heavy (non-hydrogen) atoms. The highest BCUT2D eigenvalue weighted by atomic mass is 19.1. The highest BCUT2D eigenvalue weighted by molar-refractivity contribution is 5.87. The average Bonchev–Trinajstić information content (AvgIpc) is 2.28. The van der Waals surface area contributed by atoms with Crippen LogP contribution in [-0.4, -0.2) is 24.2 Å². The molecule has 0 aliphatic carbocycles. The number of hydrogen-bond acceptors (Lipinski definition) is 4. The number of nitrogens with two attached hydrogens (primary N) is 1. The molecule has 1 aromatic carbocycles. The summed E-state index contributed by atoms with van der Waals surface area (Å²) in [5.74, 6) is -0.280. The molecule has 1 unspecified atom stereocenters. The Kier molecular flexibility index (Phi) is 3.93. The normalized spacial score (nSPS) is 13.3. The second-order valence-electron chi connectivity index (χ2n) is 3.24. The Morgan fingerprint density at radius 2 is 2.31 bits per heavy atom. The molecule has 0 heterocycles. The van der Waals surface area contributed by atoms with E-state index in [-0.39, 0.29) is 11.6 Å². The standard InChI is InChI=1S/C10H14FN3O2/c1-6(10(12)14-15)13-7-3-4-9(16-2)8(11)5-7/h3-6,13,15H,1-2H3,(H2,12,14). The minimum Gasteiger partial charge on any atom is -0.494 e. The summed E-state index contributed by atoms with van der Waals surface area (Å²) in [5, 5.41) is 14.2. The summed E-state index contributed by atoms with van der Waals surface area (Å²) in [6.45, 7) is 1.69. The van der Waals surface area contributed by atoms with Gasteiger partial charge < -0.3 is 21.0 Å². The second kappa shape index (κ2) is 5.20. The molecule has 0 aliphatic heterocycles. The molecule has 1 rings (SSSR count). The van der Waals surface area contributed by atoms with E-state index in [1.54, 1.807) is 13.0 Å². The van der Waals surface area contributed by atoms with Crippen LogP contribution in [0.15, 0.2) is 23.4 Å². The zero-order chi connectivity index (χ0) is 12.1. The van der Waals surface area contributed by atoms with Crippen molar-refractivity contribution in [3.05, 3.63) is 24.0 Å². The third-order valence-corrected chi connectivity index (χ3v) is 2.09. The summed E-state index contributed by atoms with van der Waals surface area (Å²) < 4.78 is 18.1. The van der Waals surface area contributed by atoms with Gasteiger partial charge in [0.15, 0.2) is 17.4 Å². The van der Waals surface area contributed by atoms with Crippen molar-refractivity contribution in [2.75, 3.05) is 12.4 Å². The minimum atomic E-state index is -0.473. The lowest BCUT2D eigenvalue weighted by Gasteiger charge is -2.14. The van der Waals surface area contributed by atoms with Crippen molar-refractivity contribution >= 4 is 11.5 Å². The van der Waals surface area contributed by atoms with Crippen molar-refractivity contribution in [3.63, 3.8) is 0 Å². The predicted octanol–water partition coefficient (Wildman–Crippen LogP) is 1.38. The van der Waals surface area contributed by atoms with Gasteiger partial charge in [-0.1, -0.05) is 5.16 Å². The van der Waals surface area contributed by atoms with Gasteiger partial charge in [-0.25, -0.2) is 4.39 Å². The molecule has 0 aliphatic rings. The Morgan fingerprint density at radius 3 is 2.81 bits per heavy atom.